The summed E-state index contributed by atoms with van der Waals surface area (Å²) in [5, 5.41) is 6.48. The molecule has 11 heteroatoms. The summed E-state index contributed by atoms with van der Waals surface area (Å²) in [6, 6.07) is 6.76. The molecule has 1 amide bonds. The maximum Gasteiger partial charge on any atom is 0.435 e. The van der Waals surface area contributed by atoms with Gasteiger partial charge in [-0.25, -0.2) is 0 Å². The Morgan fingerprint density at radius 2 is 1.75 bits per heavy atom. The van der Waals surface area contributed by atoms with Gasteiger partial charge in [-0.1, -0.05) is 71.5 Å². The first-order chi connectivity index (χ1) is 14.9. The maximum absolute atomic E-state index is 14.2. The Labute approximate surface area is 202 Å². The molecule has 0 radical (unpaired) electrons. The Morgan fingerprint density at radius 1 is 1.12 bits per heavy atom. The van der Waals surface area contributed by atoms with Crippen molar-refractivity contribution in [2.75, 3.05) is 0 Å². The molecule has 0 saturated carbocycles. The third kappa shape index (κ3) is 4.81. The van der Waals surface area contributed by atoms with Crippen molar-refractivity contribution in [3.8, 4) is 0 Å². The van der Waals surface area contributed by atoms with E-state index in [0.717, 1.165) is 12.1 Å². The first kappa shape index (κ1) is 25.0. The van der Waals surface area contributed by atoms with Crippen molar-refractivity contribution in [1.82, 2.24) is 5.32 Å². The van der Waals surface area contributed by atoms with Gasteiger partial charge in [-0.15, -0.1) is 0 Å². The predicted octanol–water partition coefficient (Wildman–Crippen LogP) is 7.15. The molecule has 3 rings (SSSR count). The lowest BCUT2D eigenvalue weighted by molar-refractivity contribution is -0.275. The first-order valence-electron chi connectivity index (χ1n) is 9.39. The maximum atomic E-state index is 14.2. The second-order valence-corrected chi connectivity index (χ2v) is 9.16. The second-order valence-electron chi connectivity index (χ2n) is 7.56. The van der Waals surface area contributed by atoms with Crippen molar-refractivity contribution in [2.45, 2.75) is 38.6 Å². The quantitative estimate of drug-likeness (QED) is 0.419. The fraction of sp³-hybridized carbons (Fsp3) is 0.333. The monoisotopic (exact) mass is 526 g/mol. The smallest absolute Gasteiger partial charge is 0.374 e. The summed E-state index contributed by atoms with van der Waals surface area (Å²) in [5.74, 6) is -0.407. The molecule has 1 N–H and O–H groups in total. The number of benzene rings is 2. The van der Waals surface area contributed by atoms with Gasteiger partial charge in [-0.2, -0.15) is 13.2 Å². The van der Waals surface area contributed by atoms with E-state index in [-0.39, 0.29) is 44.7 Å². The van der Waals surface area contributed by atoms with Gasteiger partial charge in [0, 0.05) is 29.5 Å². The zero-order valence-electron chi connectivity index (χ0n) is 16.8. The summed E-state index contributed by atoms with van der Waals surface area (Å²) in [6.45, 7) is 3.60. The fourth-order valence-electron chi connectivity index (χ4n) is 3.12. The van der Waals surface area contributed by atoms with Crippen molar-refractivity contribution in [2.24, 2.45) is 11.1 Å². The number of carbonyl (C=O) groups excluding carboxylic acids is 1. The summed E-state index contributed by atoms with van der Waals surface area (Å²) >= 11 is 24.0. The average Bonchev–Trinajstić information content (AvgIpc) is 3.17. The van der Waals surface area contributed by atoms with Crippen molar-refractivity contribution in [3.63, 3.8) is 0 Å². The Balaban J connectivity index is 1.94. The molecule has 1 heterocycles. The highest BCUT2D eigenvalue weighted by molar-refractivity contribution is 6.48. The van der Waals surface area contributed by atoms with Gasteiger partial charge in [0.05, 0.1) is 20.8 Å². The molecule has 0 aliphatic carbocycles. The van der Waals surface area contributed by atoms with Gasteiger partial charge in [0.2, 0.25) is 5.91 Å². The first-order valence-corrected chi connectivity index (χ1v) is 10.9. The molecular weight excluding hydrogens is 511 g/mol. The van der Waals surface area contributed by atoms with Crippen LogP contribution in [0.2, 0.25) is 20.1 Å². The van der Waals surface area contributed by atoms with Crippen molar-refractivity contribution < 1.29 is 22.8 Å². The lowest BCUT2D eigenvalue weighted by Gasteiger charge is -2.30. The lowest BCUT2D eigenvalue weighted by atomic mass is 9.86. The van der Waals surface area contributed by atoms with Gasteiger partial charge in [-0.05, 0) is 35.4 Å². The van der Waals surface area contributed by atoms with E-state index in [0.29, 0.717) is 16.1 Å². The molecule has 2 aromatic rings. The van der Waals surface area contributed by atoms with Gasteiger partial charge >= 0.3 is 6.18 Å². The van der Waals surface area contributed by atoms with Crippen molar-refractivity contribution >= 4 is 58.0 Å². The molecule has 0 saturated heterocycles. The number of amides is 1. The van der Waals surface area contributed by atoms with E-state index >= 15 is 0 Å². The highest BCUT2D eigenvalue weighted by atomic mass is 35.5. The lowest BCUT2D eigenvalue weighted by Crippen LogP contribution is -2.42. The molecule has 0 bridgehead atoms. The minimum Gasteiger partial charge on any atom is -0.374 e. The molecule has 1 unspecified atom stereocenters. The van der Waals surface area contributed by atoms with Crippen LogP contribution in [0.3, 0.4) is 0 Å². The number of rotatable bonds is 5. The zero-order chi connectivity index (χ0) is 23.8. The number of hydrogen-bond acceptors (Lipinski definition) is 3. The fourth-order valence-corrected chi connectivity index (χ4v) is 3.90. The van der Waals surface area contributed by atoms with Crippen LogP contribution in [0.1, 0.15) is 37.0 Å². The van der Waals surface area contributed by atoms with E-state index in [4.69, 9.17) is 51.2 Å². The van der Waals surface area contributed by atoms with Crippen LogP contribution in [-0.4, -0.2) is 17.8 Å². The molecule has 0 spiro atoms. The molecule has 1 atom stereocenters. The molecule has 4 nitrogen and oxygen atoms in total. The second kappa shape index (κ2) is 9.29. The number of hydrogen-bond donors (Lipinski definition) is 1. The highest BCUT2D eigenvalue weighted by Crippen LogP contribution is 2.50. The van der Waals surface area contributed by atoms with Crippen molar-refractivity contribution in [1.29, 1.82) is 0 Å². The number of nitrogens with one attached hydrogen (secondary N) is 1. The van der Waals surface area contributed by atoms with E-state index in [9.17, 15) is 18.0 Å². The van der Waals surface area contributed by atoms with Crippen LogP contribution < -0.4 is 5.32 Å². The van der Waals surface area contributed by atoms with Gasteiger partial charge in [0.15, 0.2) is 0 Å². The SMILES string of the molecule is CC(C)C(=O)NCc1cc(C2=NOC(c3cc(Cl)c(Cl)c(Cl)c3)(C(F)(F)F)C2)ccc1Cl. The van der Waals surface area contributed by atoms with E-state index < -0.39 is 18.2 Å². The Bertz CT molecular complexity index is 1070. The molecule has 1 aliphatic heterocycles. The molecular formula is C21H17Cl4F3N2O2. The van der Waals surface area contributed by atoms with E-state index in [1.807, 2.05) is 0 Å². The van der Waals surface area contributed by atoms with Crippen LogP contribution in [0.25, 0.3) is 0 Å². The largest absolute Gasteiger partial charge is 0.435 e. The van der Waals surface area contributed by atoms with Crippen LogP contribution in [0.15, 0.2) is 35.5 Å². The number of alkyl halides is 3. The summed E-state index contributed by atoms with van der Waals surface area (Å²) in [7, 11) is 0. The topological polar surface area (TPSA) is 50.7 Å². The summed E-state index contributed by atoms with van der Waals surface area (Å²) in [4.78, 5) is 16.9. The minimum absolute atomic E-state index is 0.0534. The van der Waals surface area contributed by atoms with Crippen molar-refractivity contribution in [3.05, 3.63) is 67.1 Å². The average molecular weight is 528 g/mol. The third-order valence-corrected chi connectivity index (χ3v) is 6.56. The predicted molar refractivity (Wildman–Crippen MR) is 120 cm³/mol. The molecule has 32 heavy (non-hydrogen) atoms. The van der Waals surface area contributed by atoms with Crippen LogP contribution in [0, 0.1) is 5.92 Å². The Kier molecular flexibility index (Phi) is 7.25. The Hall–Kier alpha value is -1.67. The van der Waals surface area contributed by atoms with Crippen LogP contribution >= 0.6 is 46.4 Å². The normalized spacial score (nSPS) is 18.5. The summed E-state index contributed by atoms with van der Waals surface area (Å²) in [5.41, 5.74) is -2.14. The number of oxime groups is 1. The van der Waals surface area contributed by atoms with Crippen LogP contribution in [-0.2, 0) is 21.8 Å². The van der Waals surface area contributed by atoms with Gasteiger partial charge < -0.3 is 10.2 Å². The van der Waals surface area contributed by atoms with E-state index in [1.54, 1.807) is 19.9 Å². The van der Waals surface area contributed by atoms with Gasteiger partial charge in [0.1, 0.15) is 0 Å². The number of halogens is 7. The number of carbonyl (C=O) groups is 1. The van der Waals surface area contributed by atoms with Gasteiger partial charge in [-0.3, -0.25) is 4.79 Å². The van der Waals surface area contributed by atoms with Gasteiger partial charge in [0.25, 0.3) is 5.60 Å². The standard InChI is InChI=1S/C21H17Cl4F3N2O2/c1-10(2)19(31)29-9-12-5-11(3-4-14(12)22)17-8-20(32-30-17,21(26,27)28)13-6-15(23)18(25)16(24)7-13/h3-7,10H,8-9H2,1-2H3,(H,29,31). The molecule has 0 aromatic heterocycles. The highest BCUT2D eigenvalue weighted by Gasteiger charge is 2.62. The summed E-state index contributed by atoms with van der Waals surface area (Å²) < 4.78 is 42.6. The Morgan fingerprint density at radius 3 is 2.31 bits per heavy atom. The number of nitrogens with zero attached hydrogens (tertiary/aromatic N) is 1. The molecule has 1 aliphatic rings. The minimum atomic E-state index is -4.83. The van der Waals surface area contributed by atoms with E-state index in [1.165, 1.54) is 12.1 Å². The molecule has 2 aromatic carbocycles. The third-order valence-electron chi connectivity index (χ3n) is 4.99. The zero-order valence-corrected chi connectivity index (χ0v) is 19.8. The van der Waals surface area contributed by atoms with Crippen LogP contribution in [0.4, 0.5) is 13.2 Å². The van der Waals surface area contributed by atoms with E-state index in [2.05, 4.69) is 10.5 Å². The molecule has 172 valence electrons. The van der Waals surface area contributed by atoms with Crippen LogP contribution in [0.5, 0.6) is 0 Å². The molecule has 0 fully saturated rings. The summed E-state index contributed by atoms with van der Waals surface area (Å²) in [6.07, 6.45) is -5.45.